The van der Waals surface area contributed by atoms with Gasteiger partial charge in [0.05, 0.1) is 0 Å². The van der Waals surface area contributed by atoms with Crippen LogP contribution in [0.3, 0.4) is 0 Å². The average molecular weight is 353 g/mol. The third kappa shape index (κ3) is 5.87. The van der Waals surface area contributed by atoms with Gasteiger partial charge in [-0.25, -0.2) is 0 Å². The van der Waals surface area contributed by atoms with E-state index >= 15 is 0 Å². The molecule has 0 radical (unpaired) electrons. The fourth-order valence-corrected chi connectivity index (χ4v) is 3.17. The Labute approximate surface area is 164 Å². The number of rotatable bonds is 6. The summed E-state index contributed by atoms with van der Waals surface area (Å²) in [7, 11) is 0. The van der Waals surface area contributed by atoms with E-state index in [4.69, 9.17) is 0 Å². The maximum atomic E-state index is 3.28. The molecule has 0 bridgehead atoms. The highest BCUT2D eigenvalue weighted by atomic mass is 14.0. The molecule has 0 aliphatic heterocycles. The largest absolute Gasteiger partial charge is 0.0651 e. The molecule has 0 aliphatic carbocycles. The molecule has 0 heterocycles. The van der Waals surface area contributed by atoms with Gasteiger partial charge < -0.3 is 0 Å². The number of hydrogen-bond acceptors (Lipinski definition) is 0. The van der Waals surface area contributed by atoms with E-state index in [1.807, 2.05) is 0 Å². The second-order valence-electron chi connectivity index (χ2n) is 7.06. The van der Waals surface area contributed by atoms with Crippen LogP contribution in [-0.2, 0) is 25.7 Å². The van der Waals surface area contributed by atoms with Gasteiger partial charge in [-0.2, -0.15) is 0 Å². The van der Waals surface area contributed by atoms with E-state index in [1.165, 1.54) is 28.7 Å². The molecule has 0 spiro atoms. The molecular formula is C27H28. The number of aryl methyl sites for hydroxylation is 4. The first kappa shape index (κ1) is 19.0. The molecule has 0 saturated carbocycles. The van der Waals surface area contributed by atoms with E-state index in [0.29, 0.717) is 0 Å². The third-order valence-electron chi connectivity index (χ3n) is 4.93. The van der Waals surface area contributed by atoms with E-state index in [-0.39, 0.29) is 0 Å². The van der Waals surface area contributed by atoms with E-state index in [0.717, 1.165) is 36.8 Å². The number of benzene rings is 3. The Morgan fingerprint density at radius 2 is 0.852 bits per heavy atom. The van der Waals surface area contributed by atoms with Crippen LogP contribution in [-0.4, -0.2) is 0 Å². The standard InChI is InChI=1S/C27H28/c1-3-5-23-10-12-25(13-11-23)16-17-27-20-18-26(19-21-27)15-14-24-8-6-22(4-2)7-9-24/h6-13,18-21H,3-5,14-15H2,1-2H3. The Kier molecular flexibility index (Phi) is 6.89. The molecule has 3 aromatic carbocycles. The highest BCUT2D eigenvalue weighted by Crippen LogP contribution is 2.11. The molecule has 3 aromatic rings. The molecule has 0 nitrogen and oxygen atoms in total. The zero-order valence-electron chi connectivity index (χ0n) is 16.5. The van der Waals surface area contributed by atoms with Crippen molar-refractivity contribution in [2.24, 2.45) is 0 Å². The molecule has 0 atom stereocenters. The van der Waals surface area contributed by atoms with E-state index < -0.39 is 0 Å². The molecule has 0 aromatic heterocycles. The maximum Gasteiger partial charge on any atom is 0.0249 e. The van der Waals surface area contributed by atoms with Gasteiger partial charge in [0.2, 0.25) is 0 Å². The lowest BCUT2D eigenvalue weighted by atomic mass is 10.0. The zero-order chi connectivity index (χ0) is 18.9. The van der Waals surface area contributed by atoms with Crippen LogP contribution in [0.5, 0.6) is 0 Å². The second kappa shape index (κ2) is 9.79. The lowest BCUT2D eigenvalue weighted by Gasteiger charge is -2.04. The molecule has 0 unspecified atom stereocenters. The fourth-order valence-electron chi connectivity index (χ4n) is 3.17. The summed E-state index contributed by atoms with van der Waals surface area (Å²) >= 11 is 0. The number of hydrogen-bond donors (Lipinski definition) is 0. The normalized spacial score (nSPS) is 10.3. The van der Waals surface area contributed by atoms with Gasteiger partial charge in [-0.05, 0) is 72.2 Å². The minimum absolute atomic E-state index is 1.07. The summed E-state index contributed by atoms with van der Waals surface area (Å²) in [6.45, 7) is 4.40. The van der Waals surface area contributed by atoms with Crippen LogP contribution >= 0.6 is 0 Å². The molecule has 0 saturated heterocycles. The quantitative estimate of drug-likeness (QED) is 0.451. The predicted octanol–water partition coefficient (Wildman–Crippen LogP) is 6.39. The Hall–Kier alpha value is -2.78. The molecule has 27 heavy (non-hydrogen) atoms. The monoisotopic (exact) mass is 352 g/mol. The summed E-state index contributed by atoms with van der Waals surface area (Å²) < 4.78 is 0. The van der Waals surface area contributed by atoms with Gasteiger partial charge in [0.15, 0.2) is 0 Å². The lowest BCUT2D eigenvalue weighted by molar-refractivity contribution is 0.922. The Balaban J connectivity index is 1.57. The first-order valence-electron chi connectivity index (χ1n) is 10.0. The molecule has 0 fully saturated rings. The van der Waals surface area contributed by atoms with Crippen molar-refractivity contribution in [1.82, 2.24) is 0 Å². The van der Waals surface area contributed by atoms with Gasteiger partial charge >= 0.3 is 0 Å². The van der Waals surface area contributed by atoms with Crippen molar-refractivity contribution in [3.8, 4) is 11.8 Å². The van der Waals surface area contributed by atoms with Crippen LogP contribution in [0.1, 0.15) is 53.6 Å². The first-order valence-corrected chi connectivity index (χ1v) is 10.0. The highest BCUT2D eigenvalue weighted by Gasteiger charge is 1.97. The van der Waals surface area contributed by atoms with Crippen LogP contribution in [0.4, 0.5) is 0 Å². The van der Waals surface area contributed by atoms with Crippen molar-refractivity contribution in [3.63, 3.8) is 0 Å². The second-order valence-corrected chi connectivity index (χ2v) is 7.06. The van der Waals surface area contributed by atoms with Crippen molar-refractivity contribution in [1.29, 1.82) is 0 Å². The van der Waals surface area contributed by atoms with Crippen LogP contribution in [0.15, 0.2) is 72.8 Å². The molecule has 136 valence electrons. The summed E-state index contributed by atoms with van der Waals surface area (Å²) in [4.78, 5) is 0. The Bertz CT molecular complexity index is 885. The summed E-state index contributed by atoms with van der Waals surface area (Å²) in [6.07, 6.45) is 5.57. The van der Waals surface area contributed by atoms with Gasteiger partial charge in [0.1, 0.15) is 0 Å². The van der Waals surface area contributed by atoms with Gasteiger partial charge in [-0.15, -0.1) is 0 Å². The molecule has 0 amide bonds. The van der Waals surface area contributed by atoms with Crippen molar-refractivity contribution in [3.05, 3.63) is 106 Å². The fraction of sp³-hybridized carbons (Fsp3) is 0.259. The van der Waals surface area contributed by atoms with Crippen molar-refractivity contribution >= 4 is 0 Å². The molecular weight excluding hydrogens is 324 g/mol. The topological polar surface area (TPSA) is 0 Å². The summed E-state index contributed by atoms with van der Waals surface area (Å²) in [5.74, 6) is 6.54. The lowest BCUT2D eigenvalue weighted by Crippen LogP contribution is -1.92. The summed E-state index contributed by atoms with van der Waals surface area (Å²) in [6, 6.07) is 26.3. The maximum absolute atomic E-state index is 3.28. The van der Waals surface area contributed by atoms with Crippen LogP contribution in [0.25, 0.3) is 0 Å². The van der Waals surface area contributed by atoms with Crippen LogP contribution < -0.4 is 0 Å². The SMILES string of the molecule is CCCc1ccc(C#Cc2ccc(CCc3ccc(CC)cc3)cc2)cc1. The molecule has 3 rings (SSSR count). The van der Waals surface area contributed by atoms with Crippen molar-refractivity contribution in [2.75, 3.05) is 0 Å². The van der Waals surface area contributed by atoms with Crippen LogP contribution in [0.2, 0.25) is 0 Å². The Morgan fingerprint density at radius 3 is 1.26 bits per heavy atom. The van der Waals surface area contributed by atoms with Gasteiger partial charge in [-0.1, -0.05) is 80.6 Å². The minimum atomic E-state index is 1.07. The minimum Gasteiger partial charge on any atom is -0.0651 e. The summed E-state index contributed by atoms with van der Waals surface area (Å²) in [5, 5.41) is 0. The predicted molar refractivity (Wildman–Crippen MR) is 116 cm³/mol. The third-order valence-corrected chi connectivity index (χ3v) is 4.93. The van der Waals surface area contributed by atoms with Crippen molar-refractivity contribution in [2.45, 2.75) is 46.0 Å². The molecule has 0 N–H and O–H groups in total. The van der Waals surface area contributed by atoms with E-state index in [1.54, 1.807) is 0 Å². The van der Waals surface area contributed by atoms with E-state index in [2.05, 4.69) is 98.5 Å². The van der Waals surface area contributed by atoms with Crippen LogP contribution in [0, 0.1) is 11.8 Å². The van der Waals surface area contributed by atoms with Crippen molar-refractivity contribution < 1.29 is 0 Å². The Morgan fingerprint density at radius 1 is 0.481 bits per heavy atom. The smallest absolute Gasteiger partial charge is 0.0249 e. The first-order chi connectivity index (χ1) is 13.3. The van der Waals surface area contributed by atoms with E-state index in [9.17, 15) is 0 Å². The average Bonchev–Trinajstić information content (AvgIpc) is 2.73. The highest BCUT2D eigenvalue weighted by molar-refractivity contribution is 5.44. The molecule has 0 aliphatic rings. The van der Waals surface area contributed by atoms with Gasteiger partial charge in [0.25, 0.3) is 0 Å². The van der Waals surface area contributed by atoms with Gasteiger partial charge in [0, 0.05) is 11.1 Å². The molecule has 0 heteroatoms. The van der Waals surface area contributed by atoms with Gasteiger partial charge in [-0.3, -0.25) is 0 Å². The zero-order valence-corrected chi connectivity index (χ0v) is 16.5. The summed E-state index contributed by atoms with van der Waals surface area (Å²) in [5.41, 5.74) is 7.71.